The second-order valence-corrected chi connectivity index (χ2v) is 4.36. The predicted octanol–water partition coefficient (Wildman–Crippen LogP) is 2.27. The number of nitrogens with zero attached hydrogens (tertiary/aromatic N) is 2. The highest BCUT2D eigenvalue weighted by atomic mass is 35.5. The van der Waals surface area contributed by atoms with E-state index in [1.165, 1.54) is 11.2 Å². The first kappa shape index (κ1) is 19.8. The maximum absolute atomic E-state index is 12.0. The van der Waals surface area contributed by atoms with Gasteiger partial charge in [0.05, 0.1) is 17.3 Å². The highest BCUT2D eigenvalue weighted by molar-refractivity contribution is 6.31. The van der Waals surface area contributed by atoms with Crippen LogP contribution in [0, 0.1) is 0 Å². The number of hydrogen-bond donors (Lipinski definition) is 2. The quantitative estimate of drug-likeness (QED) is 0.868. The van der Waals surface area contributed by atoms with E-state index in [0.717, 1.165) is 0 Å². The van der Waals surface area contributed by atoms with Gasteiger partial charge in [-0.15, -0.1) is 24.8 Å². The molecule has 9 heteroatoms. The molecule has 118 valence electrons. The third-order valence-electron chi connectivity index (χ3n) is 2.66. The molecule has 1 atom stereocenters. The van der Waals surface area contributed by atoms with Crippen LogP contribution in [0.1, 0.15) is 12.1 Å². The zero-order valence-electron chi connectivity index (χ0n) is 11.1. The molecule has 1 unspecified atom stereocenters. The molecule has 21 heavy (non-hydrogen) atoms. The van der Waals surface area contributed by atoms with Crippen LogP contribution >= 0.6 is 36.4 Å². The van der Waals surface area contributed by atoms with E-state index >= 15 is 0 Å². The predicted molar refractivity (Wildman–Crippen MR) is 85.5 cm³/mol. The summed E-state index contributed by atoms with van der Waals surface area (Å²) in [5, 5.41) is 3.26. The van der Waals surface area contributed by atoms with Crippen LogP contribution in [0.5, 0.6) is 0 Å². The molecule has 0 aromatic carbocycles. The summed E-state index contributed by atoms with van der Waals surface area (Å²) in [6.45, 7) is 0.709. The summed E-state index contributed by atoms with van der Waals surface area (Å²) in [6.07, 6.45) is 4.92. The Morgan fingerprint density at radius 3 is 2.95 bits per heavy atom. The van der Waals surface area contributed by atoms with Crippen LogP contribution < -0.4 is 11.1 Å². The number of nitrogens with one attached hydrogen (secondary N) is 1. The van der Waals surface area contributed by atoms with Crippen LogP contribution in [0.3, 0.4) is 0 Å². The van der Waals surface area contributed by atoms with Crippen LogP contribution in [0.25, 0.3) is 0 Å². The fourth-order valence-electron chi connectivity index (χ4n) is 1.70. The van der Waals surface area contributed by atoms with Gasteiger partial charge in [-0.25, -0.2) is 4.79 Å². The van der Waals surface area contributed by atoms with E-state index in [9.17, 15) is 4.79 Å². The Balaban J connectivity index is 0.00000200. The minimum absolute atomic E-state index is 0. The largest absolute Gasteiger partial charge is 0.476 e. The number of aromatic nitrogens is 1. The van der Waals surface area contributed by atoms with E-state index in [0.29, 0.717) is 23.7 Å². The maximum atomic E-state index is 12.0. The molecule has 2 rings (SSSR count). The van der Waals surface area contributed by atoms with Crippen LogP contribution in [0.2, 0.25) is 5.02 Å². The van der Waals surface area contributed by atoms with Crippen molar-refractivity contribution in [1.82, 2.24) is 15.2 Å². The number of amides is 2. The highest BCUT2D eigenvalue weighted by Gasteiger charge is 2.25. The van der Waals surface area contributed by atoms with Crippen LogP contribution in [0.15, 0.2) is 30.8 Å². The summed E-state index contributed by atoms with van der Waals surface area (Å²) < 4.78 is 5.27. The minimum atomic E-state index is -0.343. The topological polar surface area (TPSA) is 80.5 Å². The number of rotatable bonds is 4. The smallest absolute Gasteiger partial charge is 0.324 e. The Labute approximate surface area is 140 Å². The zero-order chi connectivity index (χ0) is 13.7. The highest BCUT2D eigenvalue weighted by Crippen LogP contribution is 2.15. The Bertz CT molecular complexity index is 487. The van der Waals surface area contributed by atoms with Crippen molar-refractivity contribution in [2.24, 2.45) is 5.73 Å². The molecule has 2 amide bonds. The van der Waals surface area contributed by atoms with Crippen molar-refractivity contribution in [2.75, 3.05) is 6.54 Å². The molecule has 0 radical (unpaired) electrons. The second kappa shape index (κ2) is 9.68. The van der Waals surface area contributed by atoms with Gasteiger partial charge < -0.3 is 15.8 Å². The molecule has 1 aromatic rings. The number of pyridine rings is 1. The molecular weight excluding hydrogens is 339 g/mol. The van der Waals surface area contributed by atoms with Crippen molar-refractivity contribution in [3.05, 3.63) is 41.5 Å². The minimum Gasteiger partial charge on any atom is -0.476 e. The third-order valence-corrected chi connectivity index (χ3v) is 3.00. The van der Waals surface area contributed by atoms with Gasteiger partial charge in [0, 0.05) is 18.8 Å². The van der Waals surface area contributed by atoms with E-state index in [1.54, 1.807) is 24.5 Å². The molecule has 0 saturated carbocycles. The van der Waals surface area contributed by atoms with Crippen molar-refractivity contribution in [3.8, 4) is 0 Å². The monoisotopic (exact) mass is 354 g/mol. The Kier molecular flexibility index (Phi) is 9.12. The van der Waals surface area contributed by atoms with Gasteiger partial charge in [0.15, 0.2) is 6.23 Å². The van der Waals surface area contributed by atoms with E-state index in [1.807, 2.05) is 0 Å². The lowest BCUT2D eigenvalue weighted by Crippen LogP contribution is -2.41. The second-order valence-electron chi connectivity index (χ2n) is 3.95. The van der Waals surface area contributed by atoms with Crippen molar-refractivity contribution in [1.29, 1.82) is 0 Å². The first-order chi connectivity index (χ1) is 9.22. The van der Waals surface area contributed by atoms with Crippen molar-refractivity contribution < 1.29 is 9.53 Å². The van der Waals surface area contributed by atoms with Crippen molar-refractivity contribution in [2.45, 2.75) is 19.2 Å². The van der Waals surface area contributed by atoms with Crippen LogP contribution in [0.4, 0.5) is 4.79 Å². The molecule has 6 nitrogen and oxygen atoms in total. The third kappa shape index (κ3) is 5.24. The molecule has 1 aliphatic rings. The van der Waals surface area contributed by atoms with Crippen LogP contribution in [-0.4, -0.2) is 28.7 Å². The lowest BCUT2D eigenvalue weighted by Gasteiger charge is -2.22. The molecule has 1 aromatic heterocycles. The van der Waals surface area contributed by atoms with Gasteiger partial charge in [-0.05, 0) is 18.7 Å². The van der Waals surface area contributed by atoms with E-state index < -0.39 is 0 Å². The first-order valence-corrected chi connectivity index (χ1v) is 6.28. The number of carbonyl (C=O) groups is 1. The summed E-state index contributed by atoms with van der Waals surface area (Å²) in [5.41, 5.74) is 6.08. The average Bonchev–Trinajstić information content (AvgIpc) is 2.86. The fourth-order valence-corrected chi connectivity index (χ4v) is 1.89. The molecule has 0 saturated heterocycles. The van der Waals surface area contributed by atoms with E-state index in [2.05, 4.69) is 10.3 Å². The molecule has 3 N–H and O–H groups in total. The van der Waals surface area contributed by atoms with Crippen molar-refractivity contribution in [3.63, 3.8) is 0 Å². The Morgan fingerprint density at radius 2 is 2.29 bits per heavy atom. The average molecular weight is 356 g/mol. The van der Waals surface area contributed by atoms with Gasteiger partial charge in [-0.3, -0.25) is 9.88 Å². The standard InChI is InChI=1S/C12H15ClN4O2.2ClH/c13-9-2-1-5-15-10(9)8-16-12(18)17-6-7-19-11(17)3-4-14;;/h1-2,5-7,11H,3-4,8,14H2,(H,16,18);2*1H. The zero-order valence-corrected chi connectivity index (χ0v) is 13.5. The molecule has 0 bridgehead atoms. The first-order valence-electron chi connectivity index (χ1n) is 5.90. The summed E-state index contributed by atoms with van der Waals surface area (Å²) in [7, 11) is 0. The number of nitrogens with two attached hydrogens (primary N) is 1. The Morgan fingerprint density at radius 1 is 1.52 bits per heavy atom. The number of ether oxygens (including phenoxy) is 1. The van der Waals surface area contributed by atoms with Crippen LogP contribution in [-0.2, 0) is 11.3 Å². The van der Waals surface area contributed by atoms with Gasteiger partial charge in [0.1, 0.15) is 6.26 Å². The number of urea groups is 1. The lowest BCUT2D eigenvalue weighted by atomic mass is 10.3. The number of carbonyl (C=O) groups excluding carboxylic acids is 1. The summed E-state index contributed by atoms with van der Waals surface area (Å²) in [6, 6.07) is 3.20. The normalized spacial score (nSPS) is 15.7. The SMILES string of the molecule is Cl.Cl.NCCC1OC=CN1C(=O)NCc1ncccc1Cl. The molecule has 0 fully saturated rings. The summed E-state index contributed by atoms with van der Waals surface area (Å²) in [4.78, 5) is 17.5. The molecule has 0 spiro atoms. The number of hydrogen-bond acceptors (Lipinski definition) is 4. The maximum Gasteiger partial charge on any atom is 0.324 e. The fraction of sp³-hybridized carbons (Fsp3) is 0.333. The lowest BCUT2D eigenvalue weighted by molar-refractivity contribution is 0.0697. The van der Waals surface area contributed by atoms with Gasteiger partial charge in [-0.2, -0.15) is 0 Å². The molecule has 0 aliphatic carbocycles. The van der Waals surface area contributed by atoms with Gasteiger partial charge in [-0.1, -0.05) is 11.6 Å². The van der Waals surface area contributed by atoms with Crippen molar-refractivity contribution >= 4 is 42.4 Å². The van der Waals surface area contributed by atoms with Gasteiger partial charge in [0.2, 0.25) is 0 Å². The molecule has 1 aliphatic heterocycles. The molecule has 2 heterocycles. The summed E-state index contributed by atoms with van der Waals surface area (Å²) >= 11 is 5.96. The van der Waals surface area contributed by atoms with Gasteiger partial charge >= 0.3 is 6.03 Å². The summed E-state index contributed by atoms with van der Waals surface area (Å²) in [5.74, 6) is 0. The molecular formula is C12H17Cl3N4O2. The number of halogens is 3. The van der Waals surface area contributed by atoms with Gasteiger partial charge in [0.25, 0.3) is 0 Å². The van der Waals surface area contributed by atoms with E-state index in [-0.39, 0.29) is 43.6 Å². The van der Waals surface area contributed by atoms with E-state index in [4.69, 9.17) is 22.1 Å². The Hall–Kier alpha value is -1.21.